The average molecular weight is 377 g/mol. The van der Waals surface area contributed by atoms with Crippen LogP contribution in [0.25, 0.3) is 0 Å². The van der Waals surface area contributed by atoms with Gasteiger partial charge in [0.15, 0.2) is 0 Å². The van der Waals surface area contributed by atoms with Crippen LogP contribution < -0.4 is 0 Å². The van der Waals surface area contributed by atoms with Crippen LogP contribution in [-0.4, -0.2) is 56.1 Å². The molecule has 26 heavy (non-hydrogen) atoms. The maximum atomic E-state index is 12.9. The molecule has 1 saturated carbocycles. The first-order chi connectivity index (χ1) is 12.5. The highest BCUT2D eigenvalue weighted by atomic mass is 32.1. The standard InChI is InChI=1S/C21H32N2O2S/c1-22(2)21(18-4-3-15-26-18)9-7-20(8-10-21)11-12-23(16-20)19(24)17-5-13-25-14-6-17/h3-4,15,17H,5-14,16H2,1-2H3. The Morgan fingerprint density at radius 3 is 2.54 bits per heavy atom. The van der Waals surface area contributed by atoms with Crippen molar-refractivity contribution in [2.45, 2.75) is 50.5 Å². The molecule has 0 atom stereocenters. The first-order valence-corrected chi connectivity index (χ1v) is 11.0. The van der Waals surface area contributed by atoms with Gasteiger partial charge >= 0.3 is 0 Å². The number of hydrogen-bond acceptors (Lipinski definition) is 4. The van der Waals surface area contributed by atoms with Crippen LogP contribution in [0, 0.1) is 11.3 Å². The quantitative estimate of drug-likeness (QED) is 0.806. The van der Waals surface area contributed by atoms with Gasteiger partial charge in [0.1, 0.15) is 0 Å². The number of likely N-dealkylation sites (tertiary alicyclic amines) is 1. The number of rotatable bonds is 3. The number of carbonyl (C=O) groups is 1. The zero-order valence-electron chi connectivity index (χ0n) is 16.2. The third-order valence-corrected chi connectivity index (χ3v) is 8.36. The van der Waals surface area contributed by atoms with Crippen LogP contribution in [0.4, 0.5) is 0 Å². The van der Waals surface area contributed by atoms with Gasteiger partial charge < -0.3 is 9.64 Å². The maximum Gasteiger partial charge on any atom is 0.225 e. The Kier molecular flexibility index (Phi) is 5.15. The van der Waals surface area contributed by atoms with Gasteiger partial charge in [-0.3, -0.25) is 9.69 Å². The average Bonchev–Trinajstić information content (AvgIpc) is 3.34. The molecule has 3 heterocycles. The highest BCUT2D eigenvalue weighted by Gasteiger charge is 2.49. The summed E-state index contributed by atoms with van der Waals surface area (Å²) in [6.45, 7) is 3.45. The van der Waals surface area contributed by atoms with Crippen molar-refractivity contribution in [2.75, 3.05) is 40.4 Å². The Morgan fingerprint density at radius 2 is 1.92 bits per heavy atom. The van der Waals surface area contributed by atoms with E-state index in [1.165, 1.54) is 37.0 Å². The molecule has 0 aromatic carbocycles. The van der Waals surface area contributed by atoms with Crippen LogP contribution in [0.1, 0.15) is 49.8 Å². The minimum absolute atomic E-state index is 0.192. The van der Waals surface area contributed by atoms with Gasteiger partial charge in [-0.25, -0.2) is 0 Å². The smallest absolute Gasteiger partial charge is 0.225 e. The number of thiophene rings is 1. The molecule has 2 saturated heterocycles. The second kappa shape index (κ2) is 7.25. The fraction of sp³-hybridized carbons (Fsp3) is 0.762. The summed E-state index contributed by atoms with van der Waals surface area (Å²) < 4.78 is 5.43. The molecule has 1 aromatic rings. The summed E-state index contributed by atoms with van der Waals surface area (Å²) in [5.41, 5.74) is 0.551. The van der Waals surface area contributed by atoms with Gasteiger partial charge in [-0.1, -0.05) is 6.07 Å². The van der Waals surface area contributed by atoms with Crippen molar-refractivity contribution in [1.29, 1.82) is 0 Å². The Morgan fingerprint density at radius 1 is 1.19 bits per heavy atom. The van der Waals surface area contributed by atoms with Gasteiger partial charge in [0.25, 0.3) is 0 Å². The van der Waals surface area contributed by atoms with E-state index in [9.17, 15) is 4.79 Å². The molecule has 0 unspecified atom stereocenters. The summed E-state index contributed by atoms with van der Waals surface area (Å²) >= 11 is 1.89. The SMILES string of the molecule is CN(C)C1(c2cccs2)CCC2(CCN(C(=O)C3CCOCC3)C2)CC1. The Balaban J connectivity index is 1.42. The van der Waals surface area contributed by atoms with E-state index < -0.39 is 0 Å². The zero-order valence-corrected chi connectivity index (χ0v) is 17.0. The molecule has 1 aliphatic carbocycles. The fourth-order valence-electron chi connectivity index (χ4n) is 5.39. The number of carbonyl (C=O) groups excluding carboxylic acids is 1. The van der Waals surface area contributed by atoms with Gasteiger partial charge in [-0.15, -0.1) is 11.3 Å². The lowest BCUT2D eigenvalue weighted by Gasteiger charge is -2.48. The van der Waals surface area contributed by atoms with Crippen LogP contribution in [0.3, 0.4) is 0 Å². The molecule has 5 heteroatoms. The molecule has 4 nitrogen and oxygen atoms in total. The van der Waals surface area contributed by atoms with E-state index in [0.29, 0.717) is 11.3 Å². The Bertz CT molecular complexity index is 614. The minimum atomic E-state index is 0.192. The molecule has 3 aliphatic rings. The highest BCUT2D eigenvalue weighted by molar-refractivity contribution is 7.10. The van der Waals surface area contributed by atoms with Gasteiger partial charge in [-0.2, -0.15) is 0 Å². The lowest BCUT2D eigenvalue weighted by atomic mass is 9.66. The summed E-state index contributed by atoms with van der Waals surface area (Å²) in [6, 6.07) is 4.48. The van der Waals surface area contributed by atoms with Crippen molar-refractivity contribution in [2.24, 2.45) is 11.3 Å². The third-order valence-electron chi connectivity index (χ3n) is 7.29. The van der Waals surface area contributed by atoms with Crippen LogP contribution in [0.5, 0.6) is 0 Å². The van der Waals surface area contributed by atoms with Crippen LogP contribution >= 0.6 is 11.3 Å². The first kappa shape index (κ1) is 18.5. The van der Waals surface area contributed by atoms with Gasteiger partial charge in [0.2, 0.25) is 5.91 Å². The Labute approximate surface area is 161 Å². The Hall–Kier alpha value is -0.910. The summed E-state index contributed by atoms with van der Waals surface area (Å²) in [7, 11) is 4.46. The molecule has 0 N–H and O–H groups in total. The van der Waals surface area contributed by atoms with Crippen LogP contribution in [0.2, 0.25) is 0 Å². The van der Waals surface area contributed by atoms with Crippen LogP contribution in [0.15, 0.2) is 17.5 Å². The molecule has 1 amide bonds. The summed E-state index contributed by atoms with van der Waals surface area (Å²) in [5.74, 6) is 0.599. The molecule has 4 rings (SSSR count). The third kappa shape index (κ3) is 3.23. The van der Waals surface area contributed by atoms with E-state index in [0.717, 1.165) is 39.1 Å². The second-order valence-electron chi connectivity index (χ2n) is 8.80. The molecule has 3 fully saturated rings. The number of hydrogen-bond donors (Lipinski definition) is 0. The minimum Gasteiger partial charge on any atom is -0.381 e. The second-order valence-corrected chi connectivity index (χ2v) is 9.75. The van der Waals surface area contributed by atoms with Gasteiger partial charge in [0.05, 0.1) is 5.54 Å². The predicted octanol–water partition coefficient (Wildman–Crippen LogP) is 3.72. The van der Waals surface area contributed by atoms with Crippen molar-refractivity contribution < 1.29 is 9.53 Å². The summed E-state index contributed by atoms with van der Waals surface area (Å²) in [5, 5.41) is 2.20. The molecule has 144 valence electrons. The zero-order chi connectivity index (χ0) is 18.2. The highest BCUT2D eigenvalue weighted by Crippen LogP contribution is 2.52. The largest absolute Gasteiger partial charge is 0.381 e. The van der Waals surface area contributed by atoms with Gasteiger partial charge in [0, 0.05) is 37.1 Å². The van der Waals surface area contributed by atoms with E-state index in [1.54, 1.807) is 0 Å². The lowest BCUT2D eigenvalue weighted by Crippen LogP contribution is -2.47. The van der Waals surface area contributed by atoms with E-state index in [1.807, 2.05) is 11.3 Å². The topological polar surface area (TPSA) is 32.8 Å². The van der Waals surface area contributed by atoms with Crippen molar-refractivity contribution in [3.8, 4) is 0 Å². The molecular formula is C21H32N2O2S. The van der Waals surface area contributed by atoms with E-state index in [2.05, 4.69) is 41.4 Å². The van der Waals surface area contributed by atoms with Gasteiger partial charge in [-0.05, 0) is 75.9 Å². The van der Waals surface area contributed by atoms with E-state index in [4.69, 9.17) is 4.74 Å². The summed E-state index contributed by atoms with van der Waals surface area (Å²) in [4.78, 5) is 19.0. The molecular weight excluding hydrogens is 344 g/mol. The number of ether oxygens (including phenoxy) is 1. The van der Waals surface area contributed by atoms with Crippen molar-refractivity contribution in [3.63, 3.8) is 0 Å². The predicted molar refractivity (Wildman–Crippen MR) is 105 cm³/mol. The molecule has 1 aromatic heterocycles. The number of amides is 1. The molecule has 0 bridgehead atoms. The number of nitrogens with zero attached hydrogens (tertiary/aromatic N) is 2. The van der Waals surface area contributed by atoms with Crippen molar-refractivity contribution in [1.82, 2.24) is 9.80 Å². The molecule has 1 spiro atoms. The van der Waals surface area contributed by atoms with E-state index in [-0.39, 0.29) is 11.5 Å². The maximum absolute atomic E-state index is 12.9. The van der Waals surface area contributed by atoms with E-state index >= 15 is 0 Å². The van der Waals surface area contributed by atoms with Crippen molar-refractivity contribution >= 4 is 17.2 Å². The lowest BCUT2D eigenvalue weighted by molar-refractivity contribution is -0.138. The van der Waals surface area contributed by atoms with Crippen molar-refractivity contribution in [3.05, 3.63) is 22.4 Å². The first-order valence-electron chi connectivity index (χ1n) is 10.1. The fourth-order valence-corrected chi connectivity index (χ4v) is 6.45. The molecule has 0 radical (unpaired) electrons. The normalized spacial score (nSPS) is 33.3. The molecule has 2 aliphatic heterocycles. The summed E-state index contributed by atoms with van der Waals surface area (Å²) in [6.07, 6.45) is 7.89. The van der Waals surface area contributed by atoms with Crippen LogP contribution in [-0.2, 0) is 15.1 Å². The monoisotopic (exact) mass is 376 g/mol.